The number of hydrogen-bond acceptors (Lipinski definition) is 4. The Balaban J connectivity index is 1.84. The lowest BCUT2D eigenvalue weighted by molar-refractivity contribution is 0.0995. The number of aromatic hydroxyl groups is 1. The van der Waals surface area contributed by atoms with Crippen LogP contribution in [-0.2, 0) is 0 Å². The van der Waals surface area contributed by atoms with Crippen molar-refractivity contribution in [1.82, 2.24) is 4.98 Å². The van der Waals surface area contributed by atoms with Gasteiger partial charge in [0.2, 0.25) is 5.88 Å². The molecule has 0 saturated heterocycles. The molecule has 0 fully saturated rings. The van der Waals surface area contributed by atoms with E-state index in [9.17, 15) is 9.90 Å². The summed E-state index contributed by atoms with van der Waals surface area (Å²) in [6.45, 7) is 7.94. The first-order valence-corrected chi connectivity index (χ1v) is 8.65. The number of anilines is 1. The van der Waals surface area contributed by atoms with Crippen LogP contribution in [0.3, 0.4) is 0 Å². The number of amides is 1. The van der Waals surface area contributed by atoms with Crippen LogP contribution in [0.4, 0.5) is 11.4 Å². The number of carbonyl (C=O) groups is 1. The second-order valence-corrected chi connectivity index (χ2v) is 6.10. The fraction of sp³-hybridized carbons (Fsp3) is 0.250. The number of hydrogen-bond donors (Lipinski definition) is 2. The largest absolute Gasteiger partial charge is 0.493 e. The quantitative estimate of drug-likeness (QED) is 0.639. The van der Waals surface area contributed by atoms with Crippen molar-refractivity contribution in [2.75, 3.05) is 18.0 Å². The molecule has 6 heteroatoms. The standard InChI is InChI=1S/C20H22N4O2/c1-4-24(5-2)15-9-7-14(8-10-15)19(25)23-22-18-16-12-13(3)6-11-17(16)21-20(18)26/h6-12,21,26H,4-5H2,1-3H3. The number of rotatable bonds is 5. The van der Waals surface area contributed by atoms with Gasteiger partial charge in [0.1, 0.15) is 0 Å². The summed E-state index contributed by atoms with van der Waals surface area (Å²) in [7, 11) is 0. The highest BCUT2D eigenvalue weighted by atomic mass is 16.3. The second kappa shape index (κ2) is 7.39. The molecule has 0 aliphatic heterocycles. The van der Waals surface area contributed by atoms with Crippen molar-refractivity contribution in [2.24, 2.45) is 10.2 Å². The molecule has 6 nitrogen and oxygen atoms in total. The van der Waals surface area contributed by atoms with E-state index in [1.165, 1.54) is 0 Å². The summed E-state index contributed by atoms with van der Waals surface area (Å²) in [5.41, 5.74) is 3.58. The maximum absolute atomic E-state index is 12.3. The van der Waals surface area contributed by atoms with Crippen LogP contribution in [-0.4, -0.2) is 29.1 Å². The van der Waals surface area contributed by atoms with Crippen LogP contribution in [0.2, 0.25) is 0 Å². The van der Waals surface area contributed by atoms with Crippen molar-refractivity contribution >= 4 is 28.2 Å². The first-order chi connectivity index (χ1) is 12.5. The molecule has 1 aromatic heterocycles. The van der Waals surface area contributed by atoms with E-state index >= 15 is 0 Å². The van der Waals surface area contributed by atoms with Gasteiger partial charge in [-0.1, -0.05) is 11.6 Å². The zero-order chi connectivity index (χ0) is 18.7. The van der Waals surface area contributed by atoms with Crippen molar-refractivity contribution in [3.05, 3.63) is 53.6 Å². The Kier molecular flexibility index (Phi) is 5.02. The lowest BCUT2D eigenvalue weighted by Crippen LogP contribution is -2.21. The highest BCUT2D eigenvalue weighted by molar-refractivity contribution is 5.97. The Bertz CT molecular complexity index is 954. The molecule has 0 atom stereocenters. The van der Waals surface area contributed by atoms with Crippen molar-refractivity contribution in [1.29, 1.82) is 0 Å². The van der Waals surface area contributed by atoms with Gasteiger partial charge >= 0.3 is 0 Å². The zero-order valence-electron chi connectivity index (χ0n) is 15.2. The summed E-state index contributed by atoms with van der Waals surface area (Å²) in [5, 5.41) is 18.5. The molecule has 1 heterocycles. The molecule has 3 rings (SSSR count). The predicted molar refractivity (Wildman–Crippen MR) is 104 cm³/mol. The third kappa shape index (κ3) is 3.44. The summed E-state index contributed by atoms with van der Waals surface area (Å²) < 4.78 is 0. The molecule has 0 radical (unpaired) electrons. The Hall–Kier alpha value is -3.15. The van der Waals surface area contributed by atoms with Crippen molar-refractivity contribution in [2.45, 2.75) is 20.8 Å². The van der Waals surface area contributed by atoms with Crippen LogP contribution < -0.4 is 4.90 Å². The van der Waals surface area contributed by atoms with E-state index in [0.717, 1.165) is 35.2 Å². The Morgan fingerprint density at radius 1 is 1.12 bits per heavy atom. The molecule has 134 valence electrons. The summed E-state index contributed by atoms with van der Waals surface area (Å²) in [6, 6.07) is 13.0. The first-order valence-electron chi connectivity index (χ1n) is 8.65. The van der Waals surface area contributed by atoms with E-state index in [4.69, 9.17) is 0 Å². The molecule has 26 heavy (non-hydrogen) atoms. The van der Waals surface area contributed by atoms with Gasteiger partial charge in [0, 0.05) is 29.7 Å². The van der Waals surface area contributed by atoms with Crippen LogP contribution >= 0.6 is 0 Å². The summed E-state index contributed by atoms with van der Waals surface area (Å²) in [4.78, 5) is 17.3. The van der Waals surface area contributed by atoms with Gasteiger partial charge in [0.25, 0.3) is 5.91 Å². The van der Waals surface area contributed by atoms with Gasteiger partial charge in [-0.05, 0) is 57.2 Å². The maximum Gasteiger partial charge on any atom is 0.295 e. The molecule has 0 spiro atoms. The second-order valence-electron chi connectivity index (χ2n) is 6.10. The molecule has 0 saturated carbocycles. The fourth-order valence-electron chi connectivity index (χ4n) is 2.94. The lowest BCUT2D eigenvalue weighted by atomic mass is 10.1. The van der Waals surface area contributed by atoms with Gasteiger partial charge in [-0.15, -0.1) is 10.2 Å². The minimum Gasteiger partial charge on any atom is -0.493 e. The van der Waals surface area contributed by atoms with Crippen LogP contribution in [0.5, 0.6) is 5.88 Å². The Labute approximate surface area is 152 Å². The number of fused-ring (bicyclic) bond motifs is 1. The molecule has 2 N–H and O–H groups in total. The molecule has 0 aliphatic rings. The van der Waals surface area contributed by atoms with Crippen LogP contribution in [0, 0.1) is 6.92 Å². The van der Waals surface area contributed by atoms with E-state index in [-0.39, 0.29) is 11.6 Å². The molecule has 0 bridgehead atoms. The topological polar surface area (TPSA) is 81.1 Å². The number of aromatic amines is 1. The minimum absolute atomic E-state index is 0.0981. The number of azo groups is 1. The number of nitrogens with zero attached hydrogens (tertiary/aromatic N) is 3. The van der Waals surface area contributed by atoms with Crippen LogP contribution in [0.25, 0.3) is 10.9 Å². The molecule has 2 aromatic carbocycles. The van der Waals surface area contributed by atoms with E-state index in [1.54, 1.807) is 12.1 Å². The van der Waals surface area contributed by atoms with E-state index < -0.39 is 5.91 Å². The number of benzene rings is 2. The lowest BCUT2D eigenvalue weighted by Gasteiger charge is -2.20. The average Bonchev–Trinajstić information content (AvgIpc) is 2.96. The molecule has 1 amide bonds. The van der Waals surface area contributed by atoms with Crippen LogP contribution in [0.1, 0.15) is 29.8 Å². The molecular formula is C20H22N4O2. The summed E-state index contributed by atoms with van der Waals surface area (Å²) >= 11 is 0. The summed E-state index contributed by atoms with van der Waals surface area (Å²) in [5.74, 6) is -0.545. The monoisotopic (exact) mass is 350 g/mol. The maximum atomic E-state index is 12.3. The normalized spacial score (nSPS) is 11.3. The van der Waals surface area contributed by atoms with Crippen molar-refractivity contribution in [3.8, 4) is 5.88 Å². The van der Waals surface area contributed by atoms with Crippen molar-refractivity contribution < 1.29 is 9.90 Å². The Morgan fingerprint density at radius 2 is 1.81 bits per heavy atom. The first kappa shape index (κ1) is 17.7. The smallest absolute Gasteiger partial charge is 0.295 e. The van der Waals surface area contributed by atoms with E-state index in [2.05, 4.69) is 34.0 Å². The van der Waals surface area contributed by atoms with E-state index in [1.807, 2.05) is 37.3 Å². The van der Waals surface area contributed by atoms with Gasteiger partial charge in [-0.3, -0.25) is 4.79 Å². The number of aryl methyl sites for hydroxylation is 1. The molecule has 0 aliphatic carbocycles. The molecular weight excluding hydrogens is 328 g/mol. The highest BCUT2D eigenvalue weighted by Crippen LogP contribution is 2.36. The van der Waals surface area contributed by atoms with Gasteiger partial charge in [-0.2, -0.15) is 0 Å². The number of H-pyrrole nitrogens is 1. The van der Waals surface area contributed by atoms with Gasteiger partial charge in [-0.25, -0.2) is 0 Å². The number of carbonyl (C=O) groups excluding carboxylic acids is 1. The third-order valence-corrected chi connectivity index (χ3v) is 4.39. The number of aromatic nitrogens is 1. The predicted octanol–water partition coefficient (Wildman–Crippen LogP) is 4.95. The zero-order valence-corrected chi connectivity index (χ0v) is 15.2. The third-order valence-electron chi connectivity index (χ3n) is 4.39. The SMILES string of the molecule is CCN(CC)c1ccc(C(=O)N=Nc2c(O)[nH]c3ccc(C)cc23)cc1. The van der Waals surface area contributed by atoms with Gasteiger partial charge < -0.3 is 15.0 Å². The summed E-state index contributed by atoms with van der Waals surface area (Å²) in [6.07, 6.45) is 0. The van der Waals surface area contributed by atoms with E-state index in [0.29, 0.717) is 5.56 Å². The minimum atomic E-state index is -0.447. The molecule has 0 unspecified atom stereocenters. The van der Waals surface area contributed by atoms with Crippen molar-refractivity contribution in [3.63, 3.8) is 0 Å². The average molecular weight is 350 g/mol. The Morgan fingerprint density at radius 3 is 2.46 bits per heavy atom. The fourth-order valence-corrected chi connectivity index (χ4v) is 2.94. The van der Waals surface area contributed by atoms with Gasteiger partial charge in [0.15, 0.2) is 5.69 Å². The highest BCUT2D eigenvalue weighted by Gasteiger charge is 2.12. The van der Waals surface area contributed by atoms with Crippen LogP contribution in [0.15, 0.2) is 52.7 Å². The molecule has 3 aromatic rings. The van der Waals surface area contributed by atoms with Gasteiger partial charge in [0.05, 0.1) is 5.52 Å². The number of nitrogens with one attached hydrogen (secondary N) is 1.